The zero-order chi connectivity index (χ0) is 17.9. The number of hydrogen-bond acceptors (Lipinski definition) is 4. The van der Waals surface area contributed by atoms with E-state index >= 15 is 0 Å². The highest BCUT2D eigenvalue weighted by molar-refractivity contribution is 7.09. The smallest absolute Gasteiger partial charge is 0.254 e. The Bertz CT molecular complexity index is 689. The van der Waals surface area contributed by atoms with Gasteiger partial charge in [0.25, 0.3) is 5.91 Å². The van der Waals surface area contributed by atoms with Crippen molar-refractivity contribution in [1.29, 1.82) is 0 Å². The number of piperidine rings is 1. The first kappa shape index (κ1) is 18.1. The van der Waals surface area contributed by atoms with Crippen LogP contribution in [0.1, 0.15) is 66.5 Å². The van der Waals surface area contributed by atoms with E-state index in [1.54, 1.807) is 11.3 Å². The highest BCUT2D eigenvalue weighted by Crippen LogP contribution is 2.33. The maximum atomic E-state index is 13.0. The van der Waals surface area contributed by atoms with Gasteiger partial charge in [-0.3, -0.25) is 4.79 Å². The Labute approximate surface area is 153 Å². The standard InChI is InChI=1S/C20H26N2O2S/c1-20(2,24)11-10-15-6-8-16(9-7-15)19(23)22-13-4-3-5-17(22)18-21-12-14-25-18/h6-9,12,14,17,24H,3-5,10-11,13H2,1-2H3. The van der Waals surface area contributed by atoms with Crippen LogP contribution in [0.4, 0.5) is 0 Å². The Morgan fingerprint density at radius 3 is 2.72 bits per heavy atom. The van der Waals surface area contributed by atoms with Crippen molar-refractivity contribution in [2.75, 3.05) is 6.54 Å². The Hall–Kier alpha value is -1.72. The van der Waals surface area contributed by atoms with E-state index in [1.165, 1.54) is 0 Å². The zero-order valence-corrected chi connectivity index (χ0v) is 15.8. The number of carbonyl (C=O) groups is 1. The highest BCUT2D eigenvalue weighted by Gasteiger charge is 2.30. The first-order valence-corrected chi connectivity index (χ1v) is 9.84. The van der Waals surface area contributed by atoms with Gasteiger partial charge in [-0.1, -0.05) is 12.1 Å². The van der Waals surface area contributed by atoms with Crippen LogP contribution in [-0.2, 0) is 6.42 Å². The summed E-state index contributed by atoms with van der Waals surface area (Å²) < 4.78 is 0. The van der Waals surface area contributed by atoms with Crippen molar-refractivity contribution in [1.82, 2.24) is 9.88 Å². The number of aliphatic hydroxyl groups is 1. The minimum absolute atomic E-state index is 0.0916. The Morgan fingerprint density at radius 2 is 2.08 bits per heavy atom. The minimum atomic E-state index is -0.663. The van der Waals surface area contributed by atoms with E-state index < -0.39 is 5.60 Å². The molecule has 1 aliphatic heterocycles. The van der Waals surface area contributed by atoms with Gasteiger partial charge in [0.2, 0.25) is 0 Å². The fourth-order valence-corrected chi connectivity index (χ4v) is 4.05. The van der Waals surface area contributed by atoms with E-state index in [0.717, 1.165) is 48.4 Å². The van der Waals surface area contributed by atoms with E-state index in [0.29, 0.717) is 6.42 Å². The summed E-state index contributed by atoms with van der Waals surface area (Å²) in [6.07, 6.45) is 6.51. The van der Waals surface area contributed by atoms with Crippen LogP contribution in [0, 0.1) is 0 Å². The lowest BCUT2D eigenvalue weighted by Gasteiger charge is -2.34. The van der Waals surface area contributed by atoms with Crippen LogP contribution in [0.15, 0.2) is 35.8 Å². The average molecular weight is 359 g/mol. The van der Waals surface area contributed by atoms with E-state index in [1.807, 2.05) is 54.6 Å². The van der Waals surface area contributed by atoms with Crippen LogP contribution in [-0.4, -0.2) is 33.0 Å². The molecule has 1 unspecified atom stereocenters. The van der Waals surface area contributed by atoms with Gasteiger partial charge in [0.15, 0.2) is 0 Å². The number of thiazole rings is 1. The van der Waals surface area contributed by atoms with Crippen LogP contribution >= 0.6 is 11.3 Å². The van der Waals surface area contributed by atoms with E-state index in [-0.39, 0.29) is 11.9 Å². The van der Waals surface area contributed by atoms with Crippen molar-refractivity contribution in [3.8, 4) is 0 Å². The number of benzene rings is 1. The predicted octanol–water partition coefficient (Wildman–Crippen LogP) is 4.21. The molecule has 1 aromatic carbocycles. The lowest BCUT2D eigenvalue weighted by atomic mass is 9.97. The van der Waals surface area contributed by atoms with E-state index in [4.69, 9.17) is 0 Å². The van der Waals surface area contributed by atoms with Gasteiger partial charge in [-0.05, 0) is 63.6 Å². The van der Waals surface area contributed by atoms with E-state index in [2.05, 4.69) is 4.98 Å². The second kappa shape index (κ2) is 7.67. The molecule has 4 nitrogen and oxygen atoms in total. The number of amides is 1. The lowest BCUT2D eigenvalue weighted by Crippen LogP contribution is -2.38. The molecule has 3 rings (SSSR count). The molecule has 2 aromatic rings. The Morgan fingerprint density at radius 1 is 1.32 bits per heavy atom. The van der Waals surface area contributed by atoms with Crippen molar-refractivity contribution in [2.24, 2.45) is 0 Å². The molecule has 1 fully saturated rings. The number of rotatable bonds is 5. The summed E-state index contributed by atoms with van der Waals surface area (Å²) in [6.45, 7) is 4.43. The molecule has 2 heterocycles. The van der Waals surface area contributed by atoms with Gasteiger partial charge in [0, 0.05) is 23.7 Å². The Balaban J connectivity index is 1.71. The second-order valence-electron chi connectivity index (χ2n) is 7.39. The summed E-state index contributed by atoms with van der Waals surface area (Å²) in [5.41, 5.74) is 1.22. The van der Waals surface area contributed by atoms with Crippen LogP contribution in [0.5, 0.6) is 0 Å². The largest absolute Gasteiger partial charge is 0.390 e. The van der Waals surface area contributed by atoms with Gasteiger partial charge in [0.05, 0.1) is 11.6 Å². The summed E-state index contributed by atoms with van der Waals surface area (Å²) in [5.74, 6) is 0.0916. The number of nitrogens with zero attached hydrogens (tertiary/aromatic N) is 2. The number of aryl methyl sites for hydroxylation is 1. The molecule has 1 saturated heterocycles. The van der Waals surface area contributed by atoms with Gasteiger partial charge >= 0.3 is 0 Å². The lowest BCUT2D eigenvalue weighted by molar-refractivity contribution is 0.0610. The van der Waals surface area contributed by atoms with Crippen LogP contribution in [0.25, 0.3) is 0 Å². The zero-order valence-electron chi connectivity index (χ0n) is 14.9. The molecule has 1 atom stereocenters. The summed E-state index contributed by atoms with van der Waals surface area (Å²) in [7, 11) is 0. The fraction of sp³-hybridized carbons (Fsp3) is 0.500. The van der Waals surface area contributed by atoms with Gasteiger partial charge in [-0.2, -0.15) is 0 Å². The fourth-order valence-electron chi connectivity index (χ4n) is 3.26. The normalized spacial score (nSPS) is 18.4. The molecule has 5 heteroatoms. The quantitative estimate of drug-likeness (QED) is 0.871. The molecule has 25 heavy (non-hydrogen) atoms. The minimum Gasteiger partial charge on any atom is -0.390 e. The van der Waals surface area contributed by atoms with Gasteiger partial charge in [-0.25, -0.2) is 4.98 Å². The van der Waals surface area contributed by atoms with Crippen LogP contribution in [0.2, 0.25) is 0 Å². The third kappa shape index (κ3) is 4.67. The van der Waals surface area contributed by atoms with Gasteiger partial charge in [0.1, 0.15) is 5.01 Å². The van der Waals surface area contributed by atoms with Crippen molar-refractivity contribution < 1.29 is 9.90 Å². The van der Waals surface area contributed by atoms with Crippen molar-refractivity contribution >= 4 is 17.2 Å². The molecule has 1 aliphatic rings. The molecule has 0 saturated carbocycles. The molecular formula is C20H26N2O2S. The molecule has 1 N–H and O–H groups in total. The number of likely N-dealkylation sites (tertiary alicyclic amines) is 1. The first-order valence-electron chi connectivity index (χ1n) is 8.96. The Kier molecular flexibility index (Phi) is 5.54. The molecule has 0 bridgehead atoms. The van der Waals surface area contributed by atoms with Gasteiger partial charge in [-0.15, -0.1) is 11.3 Å². The maximum absolute atomic E-state index is 13.0. The van der Waals surface area contributed by atoms with Crippen LogP contribution in [0.3, 0.4) is 0 Å². The van der Waals surface area contributed by atoms with Crippen molar-refractivity contribution in [2.45, 2.75) is 57.6 Å². The second-order valence-corrected chi connectivity index (χ2v) is 8.32. The molecule has 0 spiro atoms. The maximum Gasteiger partial charge on any atom is 0.254 e. The summed E-state index contributed by atoms with van der Waals surface area (Å²) in [6, 6.07) is 7.93. The average Bonchev–Trinajstić information content (AvgIpc) is 3.14. The number of hydrogen-bond donors (Lipinski definition) is 1. The predicted molar refractivity (Wildman–Crippen MR) is 101 cm³/mol. The molecule has 0 radical (unpaired) electrons. The summed E-state index contributed by atoms with van der Waals surface area (Å²) in [5, 5.41) is 12.9. The summed E-state index contributed by atoms with van der Waals surface area (Å²) in [4.78, 5) is 19.4. The van der Waals surface area contributed by atoms with Crippen molar-refractivity contribution in [3.05, 3.63) is 52.0 Å². The molecular weight excluding hydrogens is 332 g/mol. The molecule has 1 aromatic heterocycles. The molecule has 0 aliphatic carbocycles. The molecule has 1 amide bonds. The monoisotopic (exact) mass is 358 g/mol. The third-order valence-corrected chi connectivity index (χ3v) is 5.60. The SMILES string of the molecule is CC(C)(O)CCc1ccc(C(=O)N2CCCCC2c2nccs2)cc1. The number of aromatic nitrogens is 1. The van der Waals surface area contributed by atoms with Crippen molar-refractivity contribution in [3.63, 3.8) is 0 Å². The van der Waals surface area contributed by atoms with Crippen LogP contribution < -0.4 is 0 Å². The molecule has 134 valence electrons. The summed E-state index contributed by atoms with van der Waals surface area (Å²) >= 11 is 1.63. The number of carbonyl (C=O) groups excluding carboxylic acids is 1. The first-order chi connectivity index (χ1) is 11.9. The van der Waals surface area contributed by atoms with Gasteiger partial charge < -0.3 is 10.0 Å². The highest BCUT2D eigenvalue weighted by atomic mass is 32.1. The van der Waals surface area contributed by atoms with E-state index in [9.17, 15) is 9.90 Å². The topological polar surface area (TPSA) is 53.4 Å². The third-order valence-electron chi connectivity index (χ3n) is 4.73.